The number of carbonyl (C=O) groups is 1. The quantitative estimate of drug-likeness (QED) is 0.812. The number of hydrogen-bond acceptors (Lipinski definition) is 4. The molecule has 2 aromatic rings. The first kappa shape index (κ1) is 18.5. The summed E-state index contributed by atoms with van der Waals surface area (Å²) in [5.74, 6) is -5.82. The van der Waals surface area contributed by atoms with E-state index in [-0.39, 0.29) is 21.8 Å². The van der Waals surface area contributed by atoms with Crippen LogP contribution in [-0.2, 0) is 17.1 Å². The molecule has 1 aromatic carbocycles. The van der Waals surface area contributed by atoms with Crippen LogP contribution in [0.15, 0.2) is 30.5 Å². The van der Waals surface area contributed by atoms with Gasteiger partial charge in [0.1, 0.15) is 5.69 Å². The Labute approximate surface area is 145 Å². The monoisotopic (exact) mass is 369 g/mol. The van der Waals surface area contributed by atoms with E-state index in [1.165, 1.54) is 12.1 Å². The van der Waals surface area contributed by atoms with Crippen LogP contribution in [0.4, 0.5) is 18.9 Å². The molecule has 9 heteroatoms. The van der Waals surface area contributed by atoms with Gasteiger partial charge in [-0.1, -0.05) is 11.6 Å². The minimum absolute atomic E-state index is 0.170. The summed E-state index contributed by atoms with van der Waals surface area (Å²) in [4.78, 5) is 14.3. The molecule has 130 valence electrons. The van der Waals surface area contributed by atoms with Gasteiger partial charge in [0.25, 0.3) is 0 Å². The van der Waals surface area contributed by atoms with Gasteiger partial charge in [0.15, 0.2) is 5.82 Å². The molecule has 0 aliphatic rings. The number of aliphatic carboxylic acids is 1. The summed E-state index contributed by atoms with van der Waals surface area (Å²) in [6.45, 7) is -0.975. The average Bonchev–Trinajstić information content (AvgIpc) is 2.55. The summed E-state index contributed by atoms with van der Waals surface area (Å²) in [6.07, 6.45) is 0.331. The molecule has 0 aliphatic carbocycles. The second-order valence-corrected chi connectivity index (χ2v) is 5.49. The fourth-order valence-electron chi connectivity index (χ4n) is 2.08. The van der Waals surface area contributed by atoms with Crippen molar-refractivity contribution in [3.63, 3.8) is 0 Å². The Morgan fingerprint density at radius 1 is 1.36 bits per heavy atom. The molecule has 1 heterocycles. The number of nitrogens with zero attached hydrogens (tertiary/aromatic N) is 2. The highest BCUT2D eigenvalue weighted by Gasteiger charge is 2.33. The summed E-state index contributed by atoms with van der Waals surface area (Å²) < 4.78 is 42.6. The lowest BCUT2D eigenvalue weighted by atomic mass is 10.0. The maximum atomic E-state index is 14.4. The van der Waals surface area contributed by atoms with Crippen LogP contribution in [0, 0.1) is 17.1 Å². The van der Waals surface area contributed by atoms with E-state index in [0.29, 0.717) is 0 Å². The zero-order valence-electron chi connectivity index (χ0n) is 12.6. The SMILES string of the molecule is N#Cc1ccc(NCC(F)(F)c2ccc(Cl)cn2)c(F)c1CC(=O)O. The molecular weight excluding hydrogens is 359 g/mol. The third-order valence-corrected chi connectivity index (χ3v) is 3.52. The molecule has 2 rings (SSSR count). The lowest BCUT2D eigenvalue weighted by molar-refractivity contribution is -0.136. The first-order valence-electron chi connectivity index (χ1n) is 6.91. The third kappa shape index (κ3) is 4.39. The second-order valence-electron chi connectivity index (χ2n) is 5.06. The highest BCUT2D eigenvalue weighted by Crippen LogP contribution is 2.29. The predicted octanol–water partition coefficient (Wildman–Crippen LogP) is 3.58. The number of pyridine rings is 1. The van der Waals surface area contributed by atoms with Crippen LogP contribution in [-0.4, -0.2) is 22.6 Å². The number of anilines is 1. The van der Waals surface area contributed by atoms with Gasteiger partial charge in [0, 0.05) is 11.8 Å². The Morgan fingerprint density at radius 2 is 2.08 bits per heavy atom. The first-order valence-corrected chi connectivity index (χ1v) is 7.29. The number of halogens is 4. The van der Waals surface area contributed by atoms with Gasteiger partial charge < -0.3 is 10.4 Å². The second kappa shape index (κ2) is 7.40. The Bertz CT molecular complexity index is 836. The van der Waals surface area contributed by atoms with Crippen molar-refractivity contribution >= 4 is 23.3 Å². The smallest absolute Gasteiger partial charge is 0.307 e. The third-order valence-electron chi connectivity index (χ3n) is 3.29. The molecule has 0 aliphatic heterocycles. The number of carboxylic acids is 1. The molecule has 0 amide bonds. The topological polar surface area (TPSA) is 86.0 Å². The summed E-state index contributed by atoms with van der Waals surface area (Å²) in [5.41, 5.74) is -1.42. The van der Waals surface area contributed by atoms with Crippen LogP contribution >= 0.6 is 11.6 Å². The number of benzene rings is 1. The minimum atomic E-state index is -3.42. The normalized spacial score (nSPS) is 11.0. The van der Waals surface area contributed by atoms with Crippen molar-refractivity contribution in [1.29, 1.82) is 5.26 Å². The minimum Gasteiger partial charge on any atom is -0.481 e. The molecule has 25 heavy (non-hydrogen) atoms. The van der Waals surface area contributed by atoms with Crippen molar-refractivity contribution in [2.24, 2.45) is 0 Å². The number of nitrogens with one attached hydrogen (secondary N) is 1. The predicted molar refractivity (Wildman–Crippen MR) is 84.1 cm³/mol. The van der Waals surface area contributed by atoms with Crippen molar-refractivity contribution < 1.29 is 23.1 Å². The number of rotatable bonds is 6. The zero-order chi connectivity index (χ0) is 18.6. The molecule has 0 fully saturated rings. The van der Waals surface area contributed by atoms with Crippen LogP contribution in [0.2, 0.25) is 5.02 Å². The van der Waals surface area contributed by atoms with E-state index in [1.54, 1.807) is 6.07 Å². The number of aromatic nitrogens is 1. The lowest BCUT2D eigenvalue weighted by Gasteiger charge is -2.18. The molecule has 0 radical (unpaired) electrons. The summed E-state index contributed by atoms with van der Waals surface area (Å²) >= 11 is 5.60. The van der Waals surface area contributed by atoms with Gasteiger partial charge in [-0.2, -0.15) is 14.0 Å². The maximum Gasteiger partial charge on any atom is 0.307 e. The van der Waals surface area contributed by atoms with Gasteiger partial charge in [-0.05, 0) is 24.3 Å². The Morgan fingerprint density at radius 3 is 2.64 bits per heavy atom. The Hall–Kier alpha value is -2.79. The molecule has 1 aromatic heterocycles. The van der Waals surface area contributed by atoms with E-state index in [0.717, 1.165) is 18.3 Å². The van der Waals surface area contributed by atoms with Gasteiger partial charge in [-0.3, -0.25) is 9.78 Å². The standard InChI is InChI=1S/C16H11ClF3N3O2/c17-10-2-4-13(22-7-10)16(19,20)8-23-12-3-1-9(6-21)11(15(12)18)5-14(24)25/h1-4,7,23H,5,8H2,(H,24,25). The van der Waals surface area contributed by atoms with E-state index in [1.807, 2.05) is 0 Å². The first-order chi connectivity index (χ1) is 11.7. The molecule has 5 nitrogen and oxygen atoms in total. The van der Waals surface area contributed by atoms with E-state index in [2.05, 4.69) is 10.3 Å². The van der Waals surface area contributed by atoms with Gasteiger partial charge in [-0.15, -0.1) is 0 Å². The van der Waals surface area contributed by atoms with Crippen LogP contribution in [0.1, 0.15) is 16.8 Å². The van der Waals surface area contributed by atoms with E-state index in [9.17, 15) is 18.0 Å². The van der Waals surface area contributed by atoms with Crippen LogP contribution in [0.3, 0.4) is 0 Å². The van der Waals surface area contributed by atoms with E-state index >= 15 is 0 Å². The van der Waals surface area contributed by atoms with Crippen molar-refractivity contribution in [2.45, 2.75) is 12.3 Å². The van der Waals surface area contributed by atoms with Crippen molar-refractivity contribution in [2.75, 3.05) is 11.9 Å². The Balaban J connectivity index is 2.24. The van der Waals surface area contributed by atoms with E-state index < -0.39 is 36.4 Å². The van der Waals surface area contributed by atoms with Gasteiger partial charge in [-0.25, -0.2) is 4.39 Å². The molecule has 0 saturated heterocycles. The number of carboxylic acid groups (broad SMARTS) is 1. The molecule has 0 unspecified atom stereocenters. The molecule has 0 spiro atoms. The number of nitriles is 1. The highest BCUT2D eigenvalue weighted by molar-refractivity contribution is 6.30. The summed E-state index contributed by atoms with van der Waals surface area (Å²) in [6, 6.07) is 6.25. The Kier molecular flexibility index (Phi) is 5.49. The van der Waals surface area contributed by atoms with Crippen LogP contribution < -0.4 is 5.32 Å². The van der Waals surface area contributed by atoms with Crippen molar-refractivity contribution in [3.05, 3.63) is 58.1 Å². The highest BCUT2D eigenvalue weighted by atomic mass is 35.5. The van der Waals surface area contributed by atoms with Crippen molar-refractivity contribution in [1.82, 2.24) is 4.98 Å². The summed E-state index contributed by atoms with van der Waals surface area (Å²) in [7, 11) is 0. The van der Waals surface area contributed by atoms with Gasteiger partial charge >= 0.3 is 11.9 Å². The van der Waals surface area contributed by atoms with E-state index in [4.69, 9.17) is 22.0 Å². The maximum absolute atomic E-state index is 14.4. The fraction of sp³-hybridized carbons (Fsp3) is 0.188. The van der Waals surface area contributed by atoms with Gasteiger partial charge in [0.2, 0.25) is 0 Å². The summed E-state index contributed by atoms with van der Waals surface area (Å²) in [5, 5.41) is 20.1. The molecule has 0 saturated carbocycles. The molecule has 0 atom stereocenters. The largest absolute Gasteiger partial charge is 0.481 e. The number of alkyl halides is 2. The van der Waals surface area contributed by atoms with Gasteiger partial charge in [0.05, 0.1) is 35.3 Å². The van der Waals surface area contributed by atoms with Crippen molar-refractivity contribution in [3.8, 4) is 6.07 Å². The fourth-order valence-corrected chi connectivity index (χ4v) is 2.19. The number of hydrogen-bond donors (Lipinski definition) is 2. The van der Waals surface area contributed by atoms with Crippen LogP contribution in [0.5, 0.6) is 0 Å². The average molecular weight is 370 g/mol. The van der Waals surface area contributed by atoms with Crippen LogP contribution in [0.25, 0.3) is 0 Å². The molecule has 0 bridgehead atoms. The lowest BCUT2D eigenvalue weighted by Crippen LogP contribution is -2.26. The molecular formula is C16H11ClF3N3O2. The zero-order valence-corrected chi connectivity index (χ0v) is 13.3. The molecule has 2 N–H and O–H groups in total.